The van der Waals surface area contributed by atoms with E-state index < -0.39 is 10.0 Å². The number of carbonyl (C=O) groups excluding carboxylic acids is 1. The molecule has 0 unspecified atom stereocenters. The van der Waals surface area contributed by atoms with Gasteiger partial charge in [0.2, 0.25) is 16.0 Å². The van der Waals surface area contributed by atoms with Crippen LogP contribution in [0.3, 0.4) is 0 Å². The fourth-order valence-electron chi connectivity index (χ4n) is 3.44. The Morgan fingerprint density at radius 3 is 2.53 bits per heavy atom. The summed E-state index contributed by atoms with van der Waals surface area (Å²) in [5, 5.41) is 2.72. The monoisotopic (exact) mass is 422 g/mol. The van der Waals surface area contributed by atoms with Crippen molar-refractivity contribution >= 4 is 21.9 Å². The maximum atomic E-state index is 13.0. The summed E-state index contributed by atoms with van der Waals surface area (Å²) in [4.78, 5) is 21.4. The lowest BCUT2D eigenvalue weighted by molar-refractivity contribution is 0.102. The summed E-state index contributed by atoms with van der Waals surface area (Å²) < 4.78 is 27.4. The quantitative estimate of drug-likeness (QED) is 0.698. The van der Waals surface area contributed by atoms with Crippen LogP contribution in [0.25, 0.3) is 0 Å². The number of benzene rings is 2. The van der Waals surface area contributed by atoms with E-state index >= 15 is 0 Å². The van der Waals surface area contributed by atoms with Crippen molar-refractivity contribution in [3.05, 3.63) is 82.7 Å². The SMILES string of the molecule is Cc1cccc(C(=O)Nc2ncc3c(n2)CCN(S(=O)(=O)c2cccc(C)c2)C3)c1. The molecule has 3 aromatic rings. The van der Waals surface area contributed by atoms with E-state index in [4.69, 9.17) is 0 Å². The van der Waals surface area contributed by atoms with Crippen LogP contribution < -0.4 is 5.32 Å². The number of nitrogens with zero attached hydrogens (tertiary/aromatic N) is 3. The van der Waals surface area contributed by atoms with Crippen molar-refractivity contribution in [1.29, 1.82) is 0 Å². The summed E-state index contributed by atoms with van der Waals surface area (Å²) in [6.45, 7) is 4.32. The van der Waals surface area contributed by atoms with E-state index in [0.29, 0.717) is 18.5 Å². The van der Waals surface area contributed by atoms with Crippen LogP contribution in [0.4, 0.5) is 5.95 Å². The molecule has 0 radical (unpaired) electrons. The van der Waals surface area contributed by atoms with E-state index in [1.54, 1.807) is 36.5 Å². The van der Waals surface area contributed by atoms with Gasteiger partial charge in [0.05, 0.1) is 10.6 Å². The summed E-state index contributed by atoms with van der Waals surface area (Å²) in [7, 11) is -3.59. The lowest BCUT2D eigenvalue weighted by Gasteiger charge is -2.27. The first-order valence-corrected chi connectivity index (χ1v) is 11.1. The zero-order valence-electron chi connectivity index (χ0n) is 16.8. The number of nitrogens with one attached hydrogen (secondary N) is 1. The van der Waals surface area contributed by atoms with Gasteiger partial charge in [0.1, 0.15) is 0 Å². The molecule has 1 aliphatic rings. The van der Waals surface area contributed by atoms with Crippen LogP contribution in [0.5, 0.6) is 0 Å². The van der Waals surface area contributed by atoms with E-state index in [1.807, 2.05) is 32.0 Å². The van der Waals surface area contributed by atoms with Crippen LogP contribution in [0, 0.1) is 13.8 Å². The smallest absolute Gasteiger partial charge is 0.258 e. The summed E-state index contributed by atoms with van der Waals surface area (Å²) in [5.74, 6) is -0.0617. The Morgan fingerprint density at radius 1 is 1.07 bits per heavy atom. The van der Waals surface area contributed by atoms with Crippen LogP contribution >= 0.6 is 0 Å². The van der Waals surface area contributed by atoms with Gasteiger partial charge in [-0.1, -0.05) is 29.8 Å². The first-order chi connectivity index (χ1) is 14.3. The molecule has 0 fully saturated rings. The van der Waals surface area contributed by atoms with Crippen molar-refractivity contribution < 1.29 is 13.2 Å². The fourth-order valence-corrected chi connectivity index (χ4v) is 4.96. The third kappa shape index (κ3) is 4.10. The molecule has 1 aliphatic heterocycles. The van der Waals surface area contributed by atoms with Crippen molar-refractivity contribution in [3.63, 3.8) is 0 Å². The summed E-state index contributed by atoms with van der Waals surface area (Å²) in [6, 6.07) is 14.2. The van der Waals surface area contributed by atoms with E-state index in [1.165, 1.54) is 4.31 Å². The van der Waals surface area contributed by atoms with Gasteiger partial charge in [0.25, 0.3) is 5.91 Å². The molecule has 1 amide bonds. The molecule has 0 aliphatic carbocycles. The number of hydrogen-bond donors (Lipinski definition) is 1. The molecule has 2 heterocycles. The Balaban J connectivity index is 1.51. The Bertz CT molecular complexity index is 1220. The number of sulfonamides is 1. The first-order valence-electron chi connectivity index (χ1n) is 9.62. The molecule has 0 saturated heterocycles. The molecule has 0 saturated carbocycles. The lowest BCUT2D eigenvalue weighted by Crippen LogP contribution is -2.36. The molecule has 4 rings (SSSR count). The minimum absolute atomic E-state index is 0.206. The topological polar surface area (TPSA) is 92.3 Å². The summed E-state index contributed by atoms with van der Waals surface area (Å²) in [5.41, 5.74) is 3.91. The highest BCUT2D eigenvalue weighted by molar-refractivity contribution is 7.89. The second kappa shape index (κ2) is 7.97. The predicted octanol–water partition coefficient (Wildman–Crippen LogP) is 3.09. The van der Waals surface area contributed by atoms with Gasteiger partial charge in [-0.05, 0) is 43.7 Å². The largest absolute Gasteiger partial charge is 0.290 e. The van der Waals surface area contributed by atoms with Gasteiger partial charge in [0.15, 0.2) is 0 Å². The molecule has 30 heavy (non-hydrogen) atoms. The van der Waals surface area contributed by atoms with Crippen LogP contribution in [0.1, 0.15) is 32.7 Å². The molecule has 1 aromatic heterocycles. The van der Waals surface area contributed by atoms with Gasteiger partial charge in [-0.25, -0.2) is 18.4 Å². The normalized spacial score (nSPS) is 14.2. The van der Waals surface area contributed by atoms with Crippen molar-refractivity contribution in [2.75, 3.05) is 11.9 Å². The number of carbonyl (C=O) groups is 1. The number of fused-ring (bicyclic) bond motifs is 1. The number of aromatic nitrogens is 2. The number of aryl methyl sites for hydroxylation is 2. The second-order valence-corrected chi connectivity index (χ2v) is 9.33. The predicted molar refractivity (Wildman–Crippen MR) is 114 cm³/mol. The van der Waals surface area contributed by atoms with Crippen molar-refractivity contribution in [2.24, 2.45) is 0 Å². The van der Waals surface area contributed by atoms with Crippen molar-refractivity contribution in [3.8, 4) is 0 Å². The first kappa shape index (κ1) is 20.2. The minimum Gasteiger partial charge on any atom is -0.290 e. The molecular formula is C22H22N4O3S. The van der Waals surface area contributed by atoms with Gasteiger partial charge >= 0.3 is 0 Å². The molecule has 2 aromatic carbocycles. The second-order valence-electron chi connectivity index (χ2n) is 7.39. The number of hydrogen-bond acceptors (Lipinski definition) is 5. The van der Waals surface area contributed by atoms with E-state index in [0.717, 1.165) is 22.4 Å². The zero-order valence-corrected chi connectivity index (χ0v) is 17.6. The molecule has 1 N–H and O–H groups in total. The molecule has 154 valence electrons. The van der Waals surface area contributed by atoms with Crippen LogP contribution in [-0.4, -0.2) is 35.1 Å². The third-order valence-corrected chi connectivity index (χ3v) is 6.87. The van der Waals surface area contributed by atoms with Gasteiger partial charge < -0.3 is 0 Å². The lowest BCUT2D eigenvalue weighted by atomic mass is 10.1. The fraction of sp³-hybridized carbons (Fsp3) is 0.227. The standard InChI is InChI=1S/C22H22N4O3S/c1-15-5-3-7-17(11-15)21(27)25-22-23-13-18-14-26(10-9-20(18)24-22)30(28,29)19-8-4-6-16(2)12-19/h3-8,11-13H,9-10,14H2,1-2H3,(H,23,24,25,27). The Labute approximate surface area is 175 Å². The average Bonchev–Trinajstić information content (AvgIpc) is 2.73. The molecule has 0 atom stereocenters. The average molecular weight is 423 g/mol. The third-order valence-electron chi connectivity index (χ3n) is 5.03. The summed E-state index contributed by atoms with van der Waals surface area (Å²) in [6.07, 6.45) is 2.04. The van der Waals surface area contributed by atoms with Gasteiger partial charge in [0, 0.05) is 36.8 Å². The zero-order chi connectivity index (χ0) is 21.3. The number of anilines is 1. The highest BCUT2D eigenvalue weighted by atomic mass is 32.2. The van der Waals surface area contributed by atoms with Gasteiger partial charge in [-0.15, -0.1) is 0 Å². The maximum Gasteiger partial charge on any atom is 0.258 e. The van der Waals surface area contributed by atoms with Gasteiger partial charge in [-0.2, -0.15) is 4.31 Å². The molecule has 0 spiro atoms. The highest BCUT2D eigenvalue weighted by Crippen LogP contribution is 2.25. The highest BCUT2D eigenvalue weighted by Gasteiger charge is 2.29. The Morgan fingerprint density at radius 2 is 1.80 bits per heavy atom. The molecular weight excluding hydrogens is 400 g/mol. The molecule has 0 bridgehead atoms. The molecule has 7 nitrogen and oxygen atoms in total. The summed E-state index contributed by atoms with van der Waals surface area (Å²) >= 11 is 0. The molecule has 8 heteroatoms. The Hall–Kier alpha value is -3.10. The van der Waals surface area contributed by atoms with Crippen LogP contribution in [-0.2, 0) is 23.0 Å². The minimum atomic E-state index is -3.59. The van der Waals surface area contributed by atoms with Crippen molar-refractivity contribution in [1.82, 2.24) is 14.3 Å². The Kier molecular flexibility index (Phi) is 5.36. The van der Waals surface area contributed by atoms with Crippen molar-refractivity contribution in [2.45, 2.75) is 31.7 Å². The van der Waals surface area contributed by atoms with E-state index in [2.05, 4.69) is 15.3 Å². The van der Waals surface area contributed by atoms with Crippen LogP contribution in [0.2, 0.25) is 0 Å². The number of rotatable bonds is 4. The van der Waals surface area contributed by atoms with Gasteiger partial charge in [-0.3, -0.25) is 10.1 Å². The maximum absolute atomic E-state index is 13.0. The number of amides is 1. The van der Waals surface area contributed by atoms with Crippen LogP contribution in [0.15, 0.2) is 59.6 Å². The van der Waals surface area contributed by atoms with E-state index in [-0.39, 0.29) is 23.3 Å². The van der Waals surface area contributed by atoms with E-state index in [9.17, 15) is 13.2 Å².